The Balaban J connectivity index is -0.000000503. The molecule has 0 amide bonds. The topological polar surface area (TPSA) is 0 Å². The maximum atomic E-state index is 4.93. The summed E-state index contributed by atoms with van der Waals surface area (Å²) in [6, 6.07) is 30.7. The Morgan fingerprint density at radius 3 is 0.752 bits per heavy atom. The molecule has 3 aromatic carbocycles. The molecule has 10 fully saturated rings. The van der Waals surface area contributed by atoms with E-state index >= 15 is 0 Å². The zero-order valence-corrected chi connectivity index (χ0v) is 111. The van der Waals surface area contributed by atoms with Gasteiger partial charge in [-0.05, 0) is 290 Å². The monoisotopic (exact) mass is 2510 g/mol. The fraction of sp³-hybridized carbons (Fsp3) is 0.515. The molecule has 0 saturated heterocycles. The van der Waals surface area contributed by atoms with Gasteiger partial charge in [-0.1, -0.05) is 385 Å². The first kappa shape index (κ1) is 153. The standard InChI is InChI=1S/2C23H30.C17H20.2C9H12.2C9H18.C9H16.2C7H7.10CH3.8ClH.5Zr/c2*1(2-8-18-14-16-20-10-4-6-12-22(18)20)3-9-19-15-17-21-11-5-7-13-23(19)21;1-2-6-14(7-3-1)10-11-16-13-12-15-8-4-5-9-17(15)16;2*1-2-5-9-7-3-6-8(9)4-1;3*1-2-3-6-9-7-4-5-8-9;2*1-7-5-3-2-4-6-7;;;;;;;;;;;;;;;;;;;;;;;/h2*1-2,4-7,10-13,18-23H,3,8-9,14-17H2;1-9,15-17H,10-13H2;2*1-2,4-5,8-9H,3,6-7H2;2*9H,2-8H2,1H3;2,9H,1,3-8H2;2*2-6H,1H2;10*1H3;8*1H;;;;;/q;;;;;;;;12*-1;;;;;;;;;5*+4/p-8/b2*2-1+;;;;;;;;;;;;;;;;;;;;;;;;;;;;;;;. The molecule has 0 heterocycles. The van der Waals surface area contributed by atoms with Crippen LogP contribution in [0.1, 0.15) is 307 Å². The molecular weight excluding hydrogens is 2330 g/mol. The van der Waals surface area contributed by atoms with Crippen molar-refractivity contribution >= 4 is 68.1 Å². The van der Waals surface area contributed by atoms with Crippen molar-refractivity contribution in [2.75, 3.05) is 0 Å². The number of fused-ring (bicyclic) bond motifs is 7. The van der Waals surface area contributed by atoms with Crippen molar-refractivity contribution in [3.05, 3.63) is 403 Å². The van der Waals surface area contributed by atoms with Crippen LogP contribution in [0.2, 0.25) is 0 Å². The van der Waals surface area contributed by atoms with E-state index in [0.717, 1.165) is 141 Å². The van der Waals surface area contributed by atoms with Crippen molar-refractivity contribution in [2.45, 2.75) is 296 Å². The molecule has 0 aliphatic heterocycles. The van der Waals surface area contributed by atoms with Crippen LogP contribution in [0.4, 0.5) is 0 Å². The van der Waals surface area contributed by atoms with Crippen molar-refractivity contribution in [3.8, 4) is 0 Å². The quantitative estimate of drug-likeness (QED) is 0.0695. The van der Waals surface area contributed by atoms with E-state index in [0.29, 0.717) is 0 Å². The third-order valence-corrected chi connectivity index (χ3v) is 31.6. The number of halogens is 8. The molecule has 3 aromatic rings. The summed E-state index contributed by atoms with van der Waals surface area (Å²) in [7, 11) is 39.5. The summed E-state index contributed by atoms with van der Waals surface area (Å²) in [5.41, 5.74) is 3.64. The molecular formula is C132H200Cl8Zr5. The van der Waals surface area contributed by atoms with E-state index in [1.807, 2.05) is 66.7 Å². The predicted molar refractivity (Wildman–Crippen MR) is 646 cm³/mol. The number of allylic oxidation sites excluding steroid dienone is 33. The second kappa shape index (κ2) is 100. The van der Waals surface area contributed by atoms with E-state index in [4.69, 9.17) is 68.1 Å². The van der Waals surface area contributed by atoms with Crippen LogP contribution in [0.15, 0.2) is 298 Å². The van der Waals surface area contributed by atoms with E-state index in [-0.39, 0.29) is 100 Å². The smallest absolute Gasteiger partial charge is 4.00 e. The van der Waals surface area contributed by atoms with Gasteiger partial charge >= 0.3 is 178 Å². The minimum absolute atomic E-state index is 0. The molecule has 145 heavy (non-hydrogen) atoms. The van der Waals surface area contributed by atoms with Crippen LogP contribution in [-0.2, 0) is 116 Å². The molecule has 20 rings (SSSR count). The van der Waals surface area contributed by atoms with Crippen molar-refractivity contribution in [1.29, 1.82) is 0 Å². The summed E-state index contributed by atoms with van der Waals surface area (Å²) in [6.07, 6.45) is 140. The first-order chi connectivity index (χ1) is 65.9. The molecule has 0 spiro atoms. The molecule has 10 saturated carbocycles. The van der Waals surface area contributed by atoms with Gasteiger partial charge in [-0.15, -0.1) is 30.8 Å². The van der Waals surface area contributed by atoms with Crippen molar-refractivity contribution in [3.63, 3.8) is 0 Å². The average molecular weight is 2530 g/mol. The predicted octanol–water partition coefficient (Wildman–Crippen LogP) is 45.6. The van der Waals surface area contributed by atoms with Gasteiger partial charge in [-0.25, -0.2) is 0 Å². The fourth-order valence-corrected chi connectivity index (χ4v) is 24.3. The molecule has 0 bridgehead atoms. The van der Waals surface area contributed by atoms with Crippen LogP contribution < -0.4 is 0 Å². The van der Waals surface area contributed by atoms with Gasteiger partial charge in [-0.3, -0.25) is 0 Å². The summed E-state index contributed by atoms with van der Waals surface area (Å²) >= 11 is -3.30. The number of benzene rings is 3. The van der Waals surface area contributed by atoms with Gasteiger partial charge in [0.1, 0.15) is 0 Å². The molecule has 0 N–H and O–H groups in total. The number of aryl methyl sites for hydroxylation is 1. The summed E-state index contributed by atoms with van der Waals surface area (Å²) < 4.78 is 0. The molecule has 19 atom stereocenters. The zero-order valence-electron chi connectivity index (χ0n) is 92.7. The van der Waals surface area contributed by atoms with Crippen LogP contribution in [-0.4, -0.2) is 0 Å². The van der Waals surface area contributed by atoms with Crippen LogP contribution >= 0.6 is 68.1 Å². The first-order valence-electron chi connectivity index (χ1n) is 52.9. The van der Waals surface area contributed by atoms with Crippen LogP contribution in [0.25, 0.3) is 0 Å². The van der Waals surface area contributed by atoms with Crippen molar-refractivity contribution in [2.24, 2.45) is 130 Å². The number of unbranched alkanes of at least 4 members (excludes halogenated alkanes) is 2. The Morgan fingerprint density at radius 1 is 0.262 bits per heavy atom. The Labute approximate surface area is 994 Å². The van der Waals surface area contributed by atoms with Crippen molar-refractivity contribution < 1.29 is 110 Å². The van der Waals surface area contributed by atoms with E-state index in [1.165, 1.54) is 288 Å². The number of hydrogen-bond acceptors (Lipinski definition) is 0. The van der Waals surface area contributed by atoms with Gasteiger partial charge in [0.25, 0.3) is 0 Å². The summed E-state index contributed by atoms with van der Waals surface area (Å²) in [5.74, 6) is 19.7. The molecule has 0 radical (unpaired) electrons. The van der Waals surface area contributed by atoms with Crippen LogP contribution in [0, 0.1) is 218 Å². The van der Waals surface area contributed by atoms with Gasteiger partial charge in [0.15, 0.2) is 0 Å². The van der Waals surface area contributed by atoms with Crippen LogP contribution in [0.3, 0.4) is 0 Å². The molecule has 804 valence electrons. The largest absolute Gasteiger partial charge is 4.00 e. The van der Waals surface area contributed by atoms with E-state index in [9.17, 15) is 0 Å². The van der Waals surface area contributed by atoms with Gasteiger partial charge in [0, 0.05) is 0 Å². The van der Waals surface area contributed by atoms with Crippen molar-refractivity contribution in [1.82, 2.24) is 0 Å². The minimum atomic E-state index is -0.826. The average Bonchev–Trinajstić information content (AvgIpc) is 1.71. The van der Waals surface area contributed by atoms with E-state index in [2.05, 4.69) is 259 Å². The number of rotatable bonds is 22. The third kappa shape index (κ3) is 64.4. The first-order valence-corrected chi connectivity index (χ1v) is 78.3. The third-order valence-electron chi connectivity index (χ3n) is 31.6. The van der Waals surface area contributed by atoms with Gasteiger partial charge in [0.05, 0.1) is 0 Å². The molecule has 13 heteroatoms. The normalized spacial score (nSPS) is 26.4. The summed E-state index contributed by atoms with van der Waals surface area (Å²) in [4.78, 5) is 0. The van der Waals surface area contributed by atoms with Gasteiger partial charge in [0.2, 0.25) is 0 Å². The second-order valence-corrected chi connectivity index (χ2v) is 55.2. The Morgan fingerprint density at radius 2 is 0.497 bits per heavy atom. The van der Waals surface area contributed by atoms with Gasteiger partial charge < -0.3 is 74.3 Å². The molecule has 0 aromatic heterocycles. The van der Waals surface area contributed by atoms with Gasteiger partial charge in [-0.2, -0.15) is 49.2 Å². The fourth-order valence-electron chi connectivity index (χ4n) is 24.3. The molecule has 0 nitrogen and oxygen atoms in total. The van der Waals surface area contributed by atoms with E-state index < -0.39 is 83.4 Å². The maximum Gasteiger partial charge on any atom is 4.00 e. The maximum absolute atomic E-state index is 4.93. The Kier molecular flexibility index (Phi) is 106. The second-order valence-electron chi connectivity index (χ2n) is 40.3. The number of hydrogen-bond donors (Lipinski definition) is 0. The Hall–Kier alpha value is -0.284. The summed E-state index contributed by atoms with van der Waals surface area (Å²) in [6.45, 7) is 15.7. The minimum Gasteiger partial charge on any atom is 4.00 e. The van der Waals surface area contributed by atoms with E-state index in [1.54, 1.807) is 0 Å². The molecule has 17 aliphatic carbocycles. The van der Waals surface area contributed by atoms with Crippen LogP contribution in [0.5, 0.6) is 0 Å². The SMILES string of the molecule is C1=CC2CCC(C/C=C/CCC3CCC4C=CC=CC43)C2C=C1.C1=CC2CCC(C/C=C/CCC3CCC4C=CC=CC43)C2C=C1.C1=CC2CCC(CCc3ccccc3)C2C=C1.C1=CC2CCCC2C=C1.C1=CC2CCCC2C=C1.C=CCCC1CCCC1.CCCCC1CCCC1.CCCCC1CCCC1.[CH2-]c1ccccc1.[CH2-]c1ccccc1.[CH3-].[CH3-].[CH3-].[CH3-].[CH3-].[CH3-].[CH3-].[CH3-].[CH3-].[CH3-].[Cl][Zr+2][Cl].[Cl][Zr+2][Cl].[Cl][Zr+2][Cl].[Cl][Zr+2][Cl].[Zr+4]. The zero-order chi connectivity index (χ0) is 95.3. The molecule has 19 unspecified atom stereocenters. The summed E-state index contributed by atoms with van der Waals surface area (Å²) in [5, 5.41) is 0. The molecule has 17 aliphatic rings. The Bertz CT molecular complexity index is 3710.